The molecule has 0 saturated carbocycles. The van der Waals surface area contributed by atoms with Gasteiger partial charge in [-0.1, -0.05) is 6.07 Å². The number of hydrogen-bond acceptors (Lipinski definition) is 4. The number of carbonyl (C=O) groups excluding carboxylic acids is 1. The molecule has 0 aliphatic rings. The molecule has 5 nitrogen and oxygen atoms in total. The number of nitrogens with zero attached hydrogens (tertiary/aromatic N) is 1. The molecule has 0 fully saturated rings. The number of aromatic hydroxyl groups is 2. The molecule has 0 spiro atoms. The van der Waals surface area contributed by atoms with E-state index in [9.17, 15) is 15.0 Å². The highest BCUT2D eigenvalue weighted by Crippen LogP contribution is 2.21. The van der Waals surface area contributed by atoms with Crippen LogP contribution in [0.15, 0.2) is 42.7 Å². The van der Waals surface area contributed by atoms with E-state index < -0.39 is 0 Å². The van der Waals surface area contributed by atoms with Gasteiger partial charge in [-0.3, -0.25) is 9.78 Å². The van der Waals surface area contributed by atoms with Crippen molar-refractivity contribution in [3.8, 4) is 11.5 Å². The van der Waals surface area contributed by atoms with E-state index in [0.717, 1.165) is 5.56 Å². The van der Waals surface area contributed by atoms with Gasteiger partial charge in [0.2, 0.25) is 0 Å². The second-order valence-electron chi connectivity index (χ2n) is 4.22. The van der Waals surface area contributed by atoms with Crippen molar-refractivity contribution in [1.82, 2.24) is 10.3 Å². The summed E-state index contributed by atoms with van der Waals surface area (Å²) in [5.74, 6) is -0.680. The predicted octanol–water partition coefficient (Wildman–Crippen LogP) is 1.98. The Balaban J connectivity index is 2.13. The summed E-state index contributed by atoms with van der Waals surface area (Å²) in [4.78, 5) is 16.0. The average molecular weight is 258 g/mol. The Bertz CT molecular complexity index is 564. The maximum Gasteiger partial charge on any atom is 0.252 e. The van der Waals surface area contributed by atoms with Crippen LogP contribution in [-0.2, 0) is 0 Å². The summed E-state index contributed by atoms with van der Waals surface area (Å²) in [6.45, 7) is 1.83. The number of nitrogens with one attached hydrogen (secondary N) is 1. The van der Waals surface area contributed by atoms with Crippen molar-refractivity contribution in [2.24, 2.45) is 0 Å². The lowest BCUT2D eigenvalue weighted by Gasteiger charge is -2.14. The van der Waals surface area contributed by atoms with Crippen LogP contribution in [0.25, 0.3) is 0 Å². The van der Waals surface area contributed by atoms with E-state index >= 15 is 0 Å². The highest BCUT2D eigenvalue weighted by atomic mass is 16.3. The largest absolute Gasteiger partial charge is 0.508 e. The van der Waals surface area contributed by atoms with E-state index in [-0.39, 0.29) is 29.0 Å². The molecule has 5 heteroatoms. The molecule has 0 aliphatic carbocycles. The number of carbonyl (C=O) groups is 1. The number of pyridine rings is 1. The number of benzene rings is 1. The molecule has 1 aromatic carbocycles. The third kappa shape index (κ3) is 3.22. The lowest BCUT2D eigenvalue weighted by molar-refractivity contribution is 0.0939. The highest BCUT2D eigenvalue weighted by Gasteiger charge is 2.13. The van der Waals surface area contributed by atoms with E-state index in [1.807, 2.05) is 13.0 Å². The molecular weight excluding hydrogens is 244 g/mol. The van der Waals surface area contributed by atoms with E-state index in [1.54, 1.807) is 18.5 Å². The topological polar surface area (TPSA) is 82.5 Å². The van der Waals surface area contributed by atoms with Crippen LogP contribution in [0.1, 0.15) is 28.9 Å². The summed E-state index contributed by atoms with van der Waals surface area (Å²) in [5.41, 5.74) is 1.08. The van der Waals surface area contributed by atoms with Crippen molar-refractivity contribution < 1.29 is 15.0 Å². The van der Waals surface area contributed by atoms with Gasteiger partial charge in [0.1, 0.15) is 11.5 Å². The molecule has 98 valence electrons. The molecular formula is C14H14N2O3. The number of amides is 1. The van der Waals surface area contributed by atoms with Gasteiger partial charge in [-0.25, -0.2) is 0 Å². The Labute approximate surface area is 110 Å². The normalized spacial score (nSPS) is 11.8. The van der Waals surface area contributed by atoms with Crippen molar-refractivity contribution in [3.63, 3.8) is 0 Å². The van der Waals surface area contributed by atoms with Crippen LogP contribution in [0.4, 0.5) is 0 Å². The van der Waals surface area contributed by atoms with Gasteiger partial charge in [-0.2, -0.15) is 0 Å². The fraction of sp³-hybridized carbons (Fsp3) is 0.143. The quantitative estimate of drug-likeness (QED) is 0.786. The van der Waals surface area contributed by atoms with E-state index in [2.05, 4.69) is 10.3 Å². The van der Waals surface area contributed by atoms with Gasteiger partial charge in [-0.15, -0.1) is 0 Å². The summed E-state index contributed by atoms with van der Waals surface area (Å²) in [7, 11) is 0. The second-order valence-corrected chi connectivity index (χ2v) is 4.22. The molecule has 1 heterocycles. The smallest absolute Gasteiger partial charge is 0.252 e. The minimum atomic E-state index is -0.373. The van der Waals surface area contributed by atoms with Crippen molar-refractivity contribution in [1.29, 1.82) is 0 Å². The molecule has 2 rings (SSSR count). The zero-order valence-electron chi connectivity index (χ0n) is 10.4. The summed E-state index contributed by atoms with van der Waals surface area (Å²) in [5, 5.41) is 21.5. The summed E-state index contributed by atoms with van der Waals surface area (Å²) in [6, 6.07) is 7.19. The zero-order chi connectivity index (χ0) is 13.8. The Morgan fingerprint density at radius 3 is 2.53 bits per heavy atom. The minimum Gasteiger partial charge on any atom is -0.508 e. The third-order valence-corrected chi connectivity index (χ3v) is 2.70. The number of aromatic nitrogens is 1. The van der Waals surface area contributed by atoms with Crippen molar-refractivity contribution in [2.75, 3.05) is 0 Å². The SMILES string of the molecule is CC(NC(=O)c1cc(O)cc(O)c1)c1cccnc1. The number of phenols is 2. The maximum atomic E-state index is 12.0. The van der Waals surface area contributed by atoms with Crippen LogP contribution in [0.3, 0.4) is 0 Å². The summed E-state index contributed by atoms with van der Waals surface area (Å²) in [6.07, 6.45) is 3.33. The molecule has 1 atom stereocenters. The first kappa shape index (κ1) is 12.9. The summed E-state index contributed by atoms with van der Waals surface area (Å²) >= 11 is 0. The van der Waals surface area contributed by atoms with Gasteiger partial charge in [-0.05, 0) is 30.7 Å². The number of phenolic OH excluding ortho intramolecular Hbond substituents is 2. The third-order valence-electron chi connectivity index (χ3n) is 2.70. The Morgan fingerprint density at radius 2 is 1.95 bits per heavy atom. The van der Waals surface area contributed by atoms with Crippen molar-refractivity contribution in [2.45, 2.75) is 13.0 Å². The first-order valence-electron chi connectivity index (χ1n) is 5.80. The first-order chi connectivity index (χ1) is 9.06. The molecule has 1 aromatic heterocycles. The molecule has 1 amide bonds. The number of hydrogen-bond donors (Lipinski definition) is 3. The lowest BCUT2D eigenvalue weighted by atomic mass is 10.1. The Morgan fingerprint density at radius 1 is 1.26 bits per heavy atom. The second kappa shape index (κ2) is 5.39. The Hall–Kier alpha value is -2.56. The molecule has 19 heavy (non-hydrogen) atoms. The van der Waals surface area contributed by atoms with Crippen molar-refractivity contribution in [3.05, 3.63) is 53.9 Å². The Kier molecular flexibility index (Phi) is 3.66. The predicted molar refractivity (Wildman–Crippen MR) is 69.9 cm³/mol. The first-order valence-corrected chi connectivity index (χ1v) is 5.80. The van der Waals surface area contributed by atoms with Crippen LogP contribution >= 0.6 is 0 Å². The molecule has 0 aliphatic heterocycles. The molecule has 0 saturated heterocycles. The van der Waals surface area contributed by atoms with Gasteiger partial charge in [0.15, 0.2) is 0 Å². The van der Waals surface area contributed by atoms with E-state index in [4.69, 9.17) is 0 Å². The average Bonchev–Trinajstić information content (AvgIpc) is 2.38. The van der Waals surface area contributed by atoms with Crippen LogP contribution in [0, 0.1) is 0 Å². The van der Waals surface area contributed by atoms with Gasteiger partial charge in [0.05, 0.1) is 6.04 Å². The summed E-state index contributed by atoms with van der Waals surface area (Å²) < 4.78 is 0. The van der Waals surface area contributed by atoms with Gasteiger partial charge < -0.3 is 15.5 Å². The van der Waals surface area contributed by atoms with Crippen molar-refractivity contribution >= 4 is 5.91 Å². The number of rotatable bonds is 3. The molecule has 1 unspecified atom stereocenters. The van der Waals surface area contributed by atoms with Gasteiger partial charge in [0, 0.05) is 24.0 Å². The fourth-order valence-corrected chi connectivity index (χ4v) is 1.72. The van der Waals surface area contributed by atoms with Crippen LogP contribution in [0.5, 0.6) is 11.5 Å². The maximum absolute atomic E-state index is 12.0. The van der Waals surface area contributed by atoms with Gasteiger partial charge >= 0.3 is 0 Å². The lowest BCUT2D eigenvalue weighted by Crippen LogP contribution is -2.26. The molecule has 0 radical (unpaired) electrons. The standard InChI is InChI=1S/C14H14N2O3/c1-9(10-3-2-4-15-8-10)16-14(19)11-5-12(17)7-13(18)6-11/h2-9,17-18H,1H3,(H,16,19). The van der Waals surface area contributed by atoms with Gasteiger partial charge in [0.25, 0.3) is 5.91 Å². The zero-order valence-corrected chi connectivity index (χ0v) is 10.4. The molecule has 0 bridgehead atoms. The van der Waals surface area contributed by atoms with E-state index in [0.29, 0.717) is 0 Å². The monoisotopic (exact) mass is 258 g/mol. The van der Waals surface area contributed by atoms with Crippen LogP contribution in [0.2, 0.25) is 0 Å². The minimum absolute atomic E-state index is 0.154. The molecule has 3 N–H and O–H groups in total. The fourth-order valence-electron chi connectivity index (χ4n) is 1.72. The van der Waals surface area contributed by atoms with Crippen LogP contribution in [-0.4, -0.2) is 21.1 Å². The van der Waals surface area contributed by atoms with Crippen LogP contribution < -0.4 is 5.32 Å². The van der Waals surface area contributed by atoms with E-state index in [1.165, 1.54) is 18.2 Å². The highest BCUT2D eigenvalue weighted by molar-refractivity contribution is 5.95. The molecule has 2 aromatic rings.